The topological polar surface area (TPSA) is 37.3 Å². The van der Waals surface area contributed by atoms with E-state index in [-0.39, 0.29) is 16.7 Å². The number of hydrogen-bond acceptors (Lipinski definition) is 1. The molecule has 2 atom stereocenters. The third-order valence-corrected chi connectivity index (χ3v) is 4.27. The molecule has 1 saturated carbocycles. The van der Waals surface area contributed by atoms with Crippen LogP contribution in [-0.2, 0) is 4.79 Å². The van der Waals surface area contributed by atoms with Crippen molar-refractivity contribution in [1.82, 2.24) is 0 Å². The minimum absolute atomic E-state index is 0.0266. The molecule has 2 nitrogen and oxygen atoms in total. The van der Waals surface area contributed by atoms with Crippen LogP contribution in [0.3, 0.4) is 0 Å². The highest BCUT2D eigenvalue weighted by molar-refractivity contribution is 5.78. The van der Waals surface area contributed by atoms with E-state index in [2.05, 4.69) is 26.8 Å². The van der Waals surface area contributed by atoms with E-state index in [1.54, 1.807) is 0 Å². The molecule has 14 heavy (non-hydrogen) atoms. The molecule has 0 saturated heterocycles. The summed E-state index contributed by atoms with van der Waals surface area (Å²) in [6.45, 7) is 6.29. The highest BCUT2D eigenvalue weighted by Crippen LogP contribution is 2.73. The van der Waals surface area contributed by atoms with Crippen LogP contribution in [0.4, 0.5) is 0 Å². The molecule has 0 aromatic rings. The second-order valence-electron chi connectivity index (χ2n) is 5.38. The Bertz CT molecular complexity index is 314. The summed E-state index contributed by atoms with van der Waals surface area (Å²) in [6.07, 6.45) is 5.57. The normalized spacial score (nSPS) is 39.4. The average Bonchev–Trinajstić information content (AvgIpc) is 2.45. The molecule has 0 amide bonds. The zero-order valence-electron chi connectivity index (χ0n) is 9.13. The van der Waals surface area contributed by atoms with Crippen molar-refractivity contribution in [2.45, 2.75) is 40.0 Å². The third kappa shape index (κ3) is 0.999. The molecule has 0 bridgehead atoms. The Morgan fingerprint density at radius 1 is 1.57 bits per heavy atom. The van der Waals surface area contributed by atoms with E-state index in [9.17, 15) is 4.79 Å². The second kappa shape index (κ2) is 2.62. The van der Waals surface area contributed by atoms with Gasteiger partial charge in [-0.3, -0.25) is 4.79 Å². The molecule has 78 valence electrons. The highest BCUT2D eigenvalue weighted by atomic mass is 16.4. The molecule has 0 aromatic heterocycles. The number of hydrogen-bond donors (Lipinski definition) is 1. The first-order valence-electron chi connectivity index (χ1n) is 5.33. The van der Waals surface area contributed by atoms with Crippen molar-refractivity contribution in [3.63, 3.8) is 0 Å². The Labute approximate surface area is 85.0 Å². The summed E-state index contributed by atoms with van der Waals surface area (Å²) in [5, 5.41) is 9.16. The monoisotopic (exact) mass is 194 g/mol. The van der Waals surface area contributed by atoms with Crippen molar-refractivity contribution in [2.24, 2.45) is 16.7 Å². The Morgan fingerprint density at radius 3 is 2.64 bits per heavy atom. The van der Waals surface area contributed by atoms with E-state index >= 15 is 0 Å². The van der Waals surface area contributed by atoms with Crippen LogP contribution in [0.15, 0.2) is 11.6 Å². The average molecular weight is 194 g/mol. The maximum absolute atomic E-state index is 11.1. The summed E-state index contributed by atoms with van der Waals surface area (Å²) >= 11 is 0. The standard InChI is InChI=1S/C12H18O2/c1-8-5-4-6-12(7-8)9(10(13)14)11(12,2)3/h7,9H,4-6H2,1-3H3,(H,13,14)/t9-,12+/m0/s1. The van der Waals surface area contributed by atoms with Crippen molar-refractivity contribution in [1.29, 1.82) is 0 Å². The molecule has 2 rings (SSSR count). The molecule has 2 aliphatic rings. The fraction of sp³-hybridized carbons (Fsp3) is 0.750. The maximum atomic E-state index is 11.1. The van der Waals surface area contributed by atoms with Gasteiger partial charge in [-0.15, -0.1) is 0 Å². The molecule has 0 unspecified atom stereocenters. The van der Waals surface area contributed by atoms with Gasteiger partial charge in [0, 0.05) is 5.41 Å². The summed E-state index contributed by atoms with van der Waals surface area (Å²) in [6, 6.07) is 0. The molecule has 0 aromatic carbocycles. The lowest BCUT2D eigenvalue weighted by molar-refractivity contribution is -0.139. The van der Waals surface area contributed by atoms with E-state index in [0.29, 0.717) is 0 Å². The Balaban J connectivity index is 2.35. The Morgan fingerprint density at radius 2 is 2.21 bits per heavy atom. The molecule has 0 heterocycles. The molecular weight excluding hydrogens is 176 g/mol. The van der Waals surface area contributed by atoms with E-state index in [0.717, 1.165) is 19.3 Å². The van der Waals surface area contributed by atoms with Crippen molar-refractivity contribution < 1.29 is 9.90 Å². The van der Waals surface area contributed by atoms with Crippen molar-refractivity contribution in [3.05, 3.63) is 11.6 Å². The van der Waals surface area contributed by atoms with Crippen LogP contribution in [0, 0.1) is 16.7 Å². The van der Waals surface area contributed by atoms with Crippen molar-refractivity contribution in [3.8, 4) is 0 Å². The van der Waals surface area contributed by atoms with Gasteiger partial charge < -0.3 is 5.11 Å². The predicted octanol–water partition coefficient (Wildman–Crippen LogP) is 2.84. The van der Waals surface area contributed by atoms with Crippen LogP contribution >= 0.6 is 0 Å². The van der Waals surface area contributed by atoms with E-state index < -0.39 is 5.97 Å². The minimum Gasteiger partial charge on any atom is -0.481 e. The lowest BCUT2D eigenvalue weighted by Crippen LogP contribution is -2.12. The molecule has 1 fully saturated rings. The van der Waals surface area contributed by atoms with Crippen LogP contribution < -0.4 is 0 Å². The van der Waals surface area contributed by atoms with Gasteiger partial charge in [0.1, 0.15) is 0 Å². The quantitative estimate of drug-likeness (QED) is 0.652. The maximum Gasteiger partial charge on any atom is 0.307 e. The lowest BCUT2D eigenvalue weighted by Gasteiger charge is -2.22. The molecule has 2 heteroatoms. The first-order chi connectivity index (χ1) is 6.42. The van der Waals surface area contributed by atoms with Gasteiger partial charge in [-0.05, 0) is 31.6 Å². The summed E-state index contributed by atoms with van der Waals surface area (Å²) < 4.78 is 0. The van der Waals surface area contributed by atoms with Gasteiger partial charge in [0.05, 0.1) is 5.92 Å². The molecule has 1 spiro atoms. The fourth-order valence-electron chi connectivity index (χ4n) is 3.40. The van der Waals surface area contributed by atoms with Gasteiger partial charge in [-0.2, -0.15) is 0 Å². The first kappa shape index (κ1) is 9.75. The zero-order chi connectivity index (χ0) is 10.6. The van der Waals surface area contributed by atoms with Gasteiger partial charge >= 0.3 is 5.97 Å². The number of rotatable bonds is 1. The van der Waals surface area contributed by atoms with Gasteiger partial charge in [-0.1, -0.05) is 25.5 Å². The molecule has 2 aliphatic carbocycles. The summed E-state index contributed by atoms with van der Waals surface area (Å²) in [7, 11) is 0. The van der Waals surface area contributed by atoms with Crippen LogP contribution in [0.25, 0.3) is 0 Å². The van der Waals surface area contributed by atoms with Gasteiger partial charge in [0.15, 0.2) is 0 Å². The zero-order valence-corrected chi connectivity index (χ0v) is 9.13. The number of carboxylic acids is 1. The number of aliphatic carboxylic acids is 1. The number of carboxylic acid groups (broad SMARTS) is 1. The first-order valence-corrected chi connectivity index (χ1v) is 5.33. The Kier molecular flexibility index (Phi) is 1.82. The molecule has 1 N–H and O–H groups in total. The summed E-state index contributed by atoms with van der Waals surface area (Å²) in [5.41, 5.74) is 1.30. The largest absolute Gasteiger partial charge is 0.481 e. The van der Waals surface area contributed by atoms with Gasteiger partial charge in [-0.25, -0.2) is 0 Å². The predicted molar refractivity (Wildman–Crippen MR) is 54.9 cm³/mol. The fourth-order valence-corrected chi connectivity index (χ4v) is 3.40. The second-order valence-corrected chi connectivity index (χ2v) is 5.38. The summed E-state index contributed by atoms with van der Waals surface area (Å²) in [5.74, 6) is -0.786. The molecular formula is C12H18O2. The van der Waals surface area contributed by atoms with Crippen LogP contribution in [0.1, 0.15) is 40.0 Å². The molecule has 0 radical (unpaired) electrons. The summed E-state index contributed by atoms with van der Waals surface area (Å²) in [4.78, 5) is 11.1. The molecule has 0 aliphatic heterocycles. The van der Waals surface area contributed by atoms with Crippen LogP contribution in [0.5, 0.6) is 0 Å². The lowest BCUT2D eigenvalue weighted by atomic mass is 9.83. The minimum atomic E-state index is -0.624. The van der Waals surface area contributed by atoms with Crippen LogP contribution in [0.2, 0.25) is 0 Å². The van der Waals surface area contributed by atoms with E-state index in [1.165, 1.54) is 5.57 Å². The number of allylic oxidation sites excluding steroid dienone is 2. The van der Waals surface area contributed by atoms with E-state index in [4.69, 9.17) is 5.11 Å². The SMILES string of the molecule is CC1=C[C@]2(CCC1)[C@@H](C(=O)O)C2(C)C. The smallest absolute Gasteiger partial charge is 0.307 e. The third-order valence-electron chi connectivity index (χ3n) is 4.27. The van der Waals surface area contributed by atoms with Crippen LogP contribution in [-0.4, -0.2) is 11.1 Å². The van der Waals surface area contributed by atoms with E-state index in [1.807, 2.05) is 0 Å². The Hall–Kier alpha value is -0.790. The van der Waals surface area contributed by atoms with Gasteiger partial charge in [0.2, 0.25) is 0 Å². The highest BCUT2D eigenvalue weighted by Gasteiger charge is 2.72. The number of carbonyl (C=O) groups is 1. The van der Waals surface area contributed by atoms with Crippen molar-refractivity contribution >= 4 is 5.97 Å². The van der Waals surface area contributed by atoms with Gasteiger partial charge in [0.25, 0.3) is 0 Å². The van der Waals surface area contributed by atoms with Crippen molar-refractivity contribution in [2.75, 3.05) is 0 Å².